The third kappa shape index (κ3) is 7.64. The molecule has 2 aromatic carbocycles. The van der Waals surface area contributed by atoms with E-state index in [1.54, 1.807) is 0 Å². The van der Waals surface area contributed by atoms with E-state index in [1.165, 1.54) is 101 Å². The van der Waals surface area contributed by atoms with Crippen LogP contribution in [0.3, 0.4) is 0 Å². The zero-order valence-corrected chi connectivity index (χ0v) is 25.6. The summed E-state index contributed by atoms with van der Waals surface area (Å²) in [7, 11) is 0. The van der Waals surface area contributed by atoms with Crippen molar-refractivity contribution in [2.75, 3.05) is 0 Å². The van der Waals surface area contributed by atoms with Crippen LogP contribution in [0.25, 0.3) is 0 Å². The molecule has 4 fully saturated rings. The van der Waals surface area contributed by atoms with Crippen molar-refractivity contribution < 1.29 is 0 Å². The van der Waals surface area contributed by atoms with Gasteiger partial charge in [-0.1, -0.05) is 36.4 Å². The first-order valence-electron chi connectivity index (χ1n) is 16.8. The molecule has 0 saturated heterocycles. The van der Waals surface area contributed by atoms with Crippen LogP contribution in [0, 0.1) is 58.2 Å². The molecule has 2 nitrogen and oxygen atoms in total. The smallest absolute Gasteiger partial charge is 0.0991 e. The van der Waals surface area contributed by atoms with E-state index in [0.717, 1.165) is 46.6 Å². The molecule has 42 heavy (non-hydrogen) atoms. The van der Waals surface area contributed by atoms with Crippen molar-refractivity contribution in [2.45, 2.75) is 102 Å². The summed E-state index contributed by atoms with van der Waals surface area (Å²) in [6, 6.07) is 21.0. The molecule has 0 N–H and O–H groups in total. The average Bonchev–Trinajstić information content (AvgIpc) is 3.47. The number of fused-ring (bicyclic) bond motifs is 2. The molecule has 2 aromatic rings. The molecule has 4 unspecified atom stereocenters. The topological polar surface area (TPSA) is 47.6 Å². The number of rotatable bonds is 6. The van der Waals surface area contributed by atoms with Crippen LogP contribution in [-0.2, 0) is 0 Å². The molecular formula is C40H50N2. The Morgan fingerprint density at radius 2 is 0.833 bits per heavy atom. The normalized spacial score (nSPS) is 32.0. The summed E-state index contributed by atoms with van der Waals surface area (Å²) < 4.78 is 0. The van der Waals surface area contributed by atoms with Crippen LogP contribution in [0.5, 0.6) is 0 Å². The van der Waals surface area contributed by atoms with E-state index in [-0.39, 0.29) is 0 Å². The highest BCUT2D eigenvalue weighted by Crippen LogP contribution is 2.49. The highest BCUT2D eigenvalue weighted by Gasteiger charge is 2.37. The quantitative estimate of drug-likeness (QED) is 0.331. The minimum atomic E-state index is 0.709. The van der Waals surface area contributed by atoms with E-state index < -0.39 is 0 Å². The number of hydrogen-bond donors (Lipinski definition) is 0. The van der Waals surface area contributed by atoms with E-state index in [2.05, 4.69) is 61.7 Å². The van der Waals surface area contributed by atoms with Crippen molar-refractivity contribution in [3.05, 3.63) is 96.1 Å². The Balaban J connectivity index is 0.000000168. The molecule has 4 saturated carbocycles. The molecule has 220 valence electrons. The van der Waals surface area contributed by atoms with Crippen molar-refractivity contribution in [1.29, 1.82) is 10.5 Å². The predicted octanol–water partition coefficient (Wildman–Crippen LogP) is 10.9. The van der Waals surface area contributed by atoms with Gasteiger partial charge in [0, 0.05) is 0 Å². The van der Waals surface area contributed by atoms with Crippen molar-refractivity contribution in [3.8, 4) is 12.1 Å². The van der Waals surface area contributed by atoms with Crippen LogP contribution in [0.15, 0.2) is 73.8 Å². The van der Waals surface area contributed by atoms with E-state index in [0.29, 0.717) is 11.8 Å². The van der Waals surface area contributed by atoms with Crippen LogP contribution in [0.4, 0.5) is 0 Å². The summed E-state index contributed by atoms with van der Waals surface area (Å²) >= 11 is 0. The molecule has 4 aliphatic rings. The van der Waals surface area contributed by atoms with Gasteiger partial charge < -0.3 is 0 Å². The number of benzene rings is 2. The molecule has 0 amide bonds. The molecule has 0 heterocycles. The van der Waals surface area contributed by atoms with Crippen LogP contribution >= 0.6 is 0 Å². The number of nitriles is 2. The third-order valence-electron chi connectivity index (χ3n) is 11.4. The summed E-state index contributed by atoms with van der Waals surface area (Å²) in [4.78, 5) is 0. The molecule has 0 aliphatic heterocycles. The monoisotopic (exact) mass is 558 g/mol. The van der Waals surface area contributed by atoms with Crippen LogP contribution < -0.4 is 0 Å². The highest BCUT2D eigenvalue weighted by atomic mass is 14.4. The molecule has 0 bridgehead atoms. The summed E-state index contributed by atoms with van der Waals surface area (Å²) in [6.07, 6.45) is 23.2. The molecule has 4 aliphatic carbocycles. The maximum absolute atomic E-state index is 8.90. The summed E-state index contributed by atoms with van der Waals surface area (Å²) in [6.45, 7) is 7.81. The molecule has 2 heteroatoms. The maximum atomic E-state index is 8.90. The summed E-state index contributed by atoms with van der Waals surface area (Å²) in [5, 5.41) is 17.8. The summed E-state index contributed by atoms with van der Waals surface area (Å²) in [5.74, 6) is 7.06. The zero-order chi connectivity index (χ0) is 29.3. The first-order valence-corrected chi connectivity index (χ1v) is 16.8. The Morgan fingerprint density at radius 1 is 0.524 bits per heavy atom. The number of hydrogen-bond acceptors (Lipinski definition) is 2. The lowest BCUT2D eigenvalue weighted by Crippen LogP contribution is -2.04. The van der Waals surface area contributed by atoms with Crippen molar-refractivity contribution >= 4 is 0 Å². The molecule has 0 spiro atoms. The predicted molar refractivity (Wildman–Crippen MR) is 174 cm³/mol. The van der Waals surface area contributed by atoms with Crippen LogP contribution in [-0.4, -0.2) is 0 Å². The zero-order valence-electron chi connectivity index (χ0n) is 25.6. The van der Waals surface area contributed by atoms with E-state index >= 15 is 0 Å². The van der Waals surface area contributed by atoms with Gasteiger partial charge in [-0.2, -0.15) is 10.5 Å². The number of allylic oxidation sites excluding steroid dienone is 2. The molecule has 6 rings (SSSR count). The molecular weight excluding hydrogens is 508 g/mol. The van der Waals surface area contributed by atoms with E-state index in [4.69, 9.17) is 10.5 Å². The first kappa shape index (κ1) is 30.4. The SMILES string of the molecule is C=CCC1CC2CCC(c3ccc(C#N)cc3)CCC2C1.C=CCC1CC2CCC(c3ccc(C#N)cc3)CCC2C1. The van der Waals surface area contributed by atoms with Gasteiger partial charge in [0.05, 0.1) is 23.3 Å². The fourth-order valence-electron chi connectivity index (χ4n) is 9.22. The lowest BCUT2D eigenvalue weighted by atomic mass is 9.89. The van der Waals surface area contributed by atoms with Gasteiger partial charge in [0.25, 0.3) is 0 Å². The van der Waals surface area contributed by atoms with Crippen LogP contribution in [0.1, 0.15) is 124 Å². The van der Waals surface area contributed by atoms with Gasteiger partial charge in [0.15, 0.2) is 0 Å². The van der Waals surface area contributed by atoms with Crippen molar-refractivity contribution in [2.24, 2.45) is 35.5 Å². The second-order valence-corrected chi connectivity index (χ2v) is 13.9. The summed E-state index contributed by atoms with van der Waals surface area (Å²) in [5.41, 5.74) is 4.43. The van der Waals surface area contributed by atoms with E-state index in [9.17, 15) is 0 Å². The Morgan fingerprint density at radius 3 is 1.10 bits per heavy atom. The Bertz CT molecular complexity index is 1110. The Kier molecular flexibility index (Phi) is 10.8. The Labute approximate surface area is 255 Å². The van der Waals surface area contributed by atoms with Crippen LogP contribution in [0.2, 0.25) is 0 Å². The maximum Gasteiger partial charge on any atom is 0.0991 e. The average molecular weight is 559 g/mol. The fraction of sp³-hybridized carbons (Fsp3) is 0.550. The van der Waals surface area contributed by atoms with Gasteiger partial charge in [-0.25, -0.2) is 0 Å². The Hall–Kier alpha value is -3.10. The minimum absolute atomic E-state index is 0.709. The minimum Gasteiger partial charge on any atom is -0.192 e. The van der Waals surface area contributed by atoms with Gasteiger partial charge in [-0.3, -0.25) is 0 Å². The lowest BCUT2D eigenvalue weighted by molar-refractivity contribution is 0.367. The molecule has 0 radical (unpaired) electrons. The molecule has 0 aromatic heterocycles. The standard InChI is InChI=1S/2C20H25N/c2*1-2-3-16-12-19-10-8-18(9-11-20(19)13-16)17-6-4-15(14-21)5-7-17/h2*2,4-7,16,18-20H,1,3,8-13H2. The fourth-order valence-corrected chi connectivity index (χ4v) is 9.22. The van der Waals surface area contributed by atoms with Gasteiger partial charge in [0.1, 0.15) is 0 Å². The molecule has 4 atom stereocenters. The van der Waals surface area contributed by atoms with Gasteiger partial charge in [0.2, 0.25) is 0 Å². The van der Waals surface area contributed by atoms with Crippen molar-refractivity contribution in [3.63, 3.8) is 0 Å². The van der Waals surface area contributed by atoms with Gasteiger partial charge in [-0.15, -0.1) is 13.2 Å². The second-order valence-electron chi connectivity index (χ2n) is 13.9. The third-order valence-corrected chi connectivity index (χ3v) is 11.4. The highest BCUT2D eigenvalue weighted by molar-refractivity contribution is 5.34. The largest absolute Gasteiger partial charge is 0.192 e. The van der Waals surface area contributed by atoms with Crippen molar-refractivity contribution in [1.82, 2.24) is 0 Å². The first-order chi connectivity index (χ1) is 20.6. The second kappa shape index (κ2) is 14.9. The number of nitrogens with zero attached hydrogens (tertiary/aromatic N) is 2. The van der Waals surface area contributed by atoms with Gasteiger partial charge in [-0.05, 0) is 173 Å². The van der Waals surface area contributed by atoms with Gasteiger partial charge >= 0.3 is 0 Å². The van der Waals surface area contributed by atoms with E-state index in [1.807, 2.05) is 24.3 Å². The lowest BCUT2D eigenvalue weighted by Gasteiger charge is -2.16.